The summed E-state index contributed by atoms with van der Waals surface area (Å²) in [5.74, 6) is 0. The highest BCUT2D eigenvalue weighted by Crippen LogP contribution is 2.13. The Morgan fingerprint density at radius 3 is 2.86 bits per heavy atom. The van der Waals surface area contributed by atoms with E-state index in [9.17, 15) is 0 Å². The standard InChI is InChI=1S/C10H10IN3/c1-2-8(4-3-5-12)9-6-10(11)14-7-13-9/h2-7H,1,12H2/b5-3-,8-4+. The van der Waals surface area contributed by atoms with Crippen LogP contribution >= 0.6 is 22.6 Å². The molecule has 0 atom stereocenters. The largest absolute Gasteiger partial charge is 0.405 e. The zero-order valence-corrected chi connectivity index (χ0v) is 9.68. The van der Waals surface area contributed by atoms with Gasteiger partial charge in [-0.1, -0.05) is 18.7 Å². The molecule has 0 fully saturated rings. The lowest BCUT2D eigenvalue weighted by Gasteiger charge is -1.99. The number of hydrogen-bond acceptors (Lipinski definition) is 3. The predicted molar refractivity (Wildman–Crippen MR) is 66.3 cm³/mol. The van der Waals surface area contributed by atoms with Crippen LogP contribution in [0, 0.1) is 3.70 Å². The molecule has 0 unspecified atom stereocenters. The Bertz CT molecular complexity index is 383. The first-order valence-corrected chi connectivity index (χ1v) is 5.04. The van der Waals surface area contributed by atoms with Crippen molar-refractivity contribution in [2.24, 2.45) is 5.73 Å². The molecule has 1 aromatic heterocycles. The molecule has 0 bridgehead atoms. The summed E-state index contributed by atoms with van der Waals surface area (Å²) in [6.45, 7) is 3.71. The van der Waals surface area contributed by atoms with Gasteiger partial charge in [0.05, 0.1) is 5.69 Å². The first-order chi connectivity index (χ1) is 6.77. The normalized spacial score (nSPS) is 11.9. The second-order valence-electron chi connectivity index (χ2n) is 2.44. The van der Waals surface area contributed by atoms with Crippen molar-refractivity contribution in [2.75, 3.05) is 0 Å². The van der Waals surface area contributed by atoms with E-state index in [0.717, 1.165) is 15.0 Å². The van der Waals surface area contributed by atoms with Gasteiger partial charge in [-0.3, -0.25) is 0 Å². The lowest BCUT2D eigenvalue weighted by molar-refractivity contribution is 1.11. The third-order valence-electron chi connectivity index (χ3n) is 1.54. The van der Waals surface area contributed by atoms with Crippen molar-refractivity contribution in [1.29, 1.82) is 0 Å². The van der Waals surface area contributed by atoms with Crippen LogP contribution in [0.4, 0.5) is 0 Å². The van der Waals surface area contributed by atoms with Gasteiger partial charge in [0.2, 0.25) is 0 Å². The van der Waals surface area contributed by atoms with Crippen LogP contribution in [0.15, 0.2) is 43.4 Å². The highest BCUT2D eigenvalue weighted by atomic mass is 127. The smallest absolute Gasteiger partial charge is 0.117 e. The minimum absolute atomic E-state index is 0.845. The topological polar surface area (TPSA) is 51.8 Å². The summed E-state index contributed by atoms with van der Waals surface area (Å²) >= 11 is 2.14. The van der Waals surface area contributed by atoms with Crippen molar-refractivity contribution < 1.29 is 0 Å². The summed E-state index contributed by atoms with van der Waals surface area (Å²) < 4.78 is 0.900. The average Bonchev–Trinajstić information content (AvgIpc) is 2.19. The van der Waals surface area contributed by atoms with Gasteiger partial charge in [-0.25, -0.2) is 9.97 Å². The number of nitrogens with zero attached hydrogens (tertiary/aromatic N) is 2. The van der Waals surface area contributed by atoms with Gasteiger partial charge in [0.15, 0.2) is 0 Å². The molecular weight excluding hydrogens is 289 g/mol. The van der Waals surface area contributed by atoms with E-state index >= 15 is 0 Å². The van der Waals surface area contributed by atoms with Gasteiger partial charge in [-0.15, -0.1) is 0 Å². The Labute approximate surface area is 96.6 Å². The molecule has 4 heteroatoms. The molecule has 72 valence electrons. The van der Waals surface area contributed by atoms with E-state index in [-0.39, 0.29) is 0 Å². The molecule has 0 amide bonds. The van der Waals surface area contributed by atoms with E-state index in [1.54, 1.807) is 12.2 Å². The second-order valence-corrected chi connectivity index (χ2v) is 3.54. The van der Waals surface area contributed by atoms with Gasteiger partial charge in [-0.2, -0.15) is 0 Å². The summed E-state index contributed by atoms with van der Waals surface area (Å²) in [5.41, 5.74) is 7.01. The average molecular weight is 299 g/mol. The summed E-state index contributed by atoms with van der Waals surface area (Å²) in [5, 5.41) is 0. The van der Waals surface area contributed by atoms with Crippen molar-refractivity contribution in [3.05, 3.63) is 52.8 Å². The maximum absolute atomic E-state index is 5.25. The highest BCUT2D eigenvalue weighted by Gasteiger charge is 1.98. The molecule has 3 nitrogen and oxygen atoms in total. The van der Waals surface area contributed by atoms with Crippen LogP contribution in [0.1, 0.15) is 5.69 Å². The number of aromatic nitrogens is 2. The molecule has 2 N–H and O–H groups in total. The maximum Gasteiger partial charge on any atom is 0.117 e. The fourth-order valence-corrected chi connectivity index (χ4v) is 1.33. The molecule has 0 saturated heterocycles. The molecule has 0 aromatic carbocycles. The van der Waals surface area contributed by atoms with E-state index in [1.165, 1.54) is 12.5 Å². The van der Waals surface area contributed by atoms with Gasteiger partial charge in [-0.05, 0) is 46.5 Å². The van der Waals surface area contributed by atoms with Crippen LogP contribution in [0.2, 0.25) is 0 Å². The first-order valence-electron chi connectivity index (χ1n) is 3.97. The summed E-state index contributed by atoms with van der Waals surface area (Å²) in [7, 11) is 0. The zero-order valence-electron chi connectivity index (χ0n) is 7.52. The Morgan fingerprint density at radius 2 is 2.29 bits per heavy atom. The molecule has 1 rings (SSSR count). The van der Waals surface area contributed by atoms with Gasteiger partial charge in [0.1, 0.15) is 10.0 Å². The lowest BCUT2D eigenvalue weighted by atomic mass is 10.1. The number of allylic oxidation sites excluding steroid dienone is 4. The molecule has 0 aliphatic rings. The molecule has 1 aromatic rings. The summed E-state index contributed by atoms with van der Waals surface area (Å²) in [6, 6.07) is 1.89. The van der Waals surface area contributed by atoms with E-state index in [0.29, 0.717) is 0 Å². The lowest BCUT2D eigenvalue weighted by Crippen LogP contribution is -1.90. The number of halogens is 1. The van der Waals surface area contributed by atoms with Crippen LogP contribution in [-0.4, -0.2) is 9.97 Å². The summed E-state index contributed by atoms with van der Waals surface area (Å²) in [6.07, 6.45) is 8.33. The Kier molecular flexibility index (Phi) is 4.31. The van der Waals surface area contributed by atoms with Crippen LogP contribution in [-0.2, 0) is 0 Å². The third-order valence-corrected chi connectivity index (χ3v) is 2.13. The third kappa shape index (κ3) is 2.95. The Morgan fingerprint density at radius 1 is 1.50 bits per heavy atom. The molecule has 0 aliphatic carbocycles. The fourth-order valence-electron chi connectivity index (χ4n) is 0.909. The molecule has 0 radical (unpaired) electrons. The van der Waals surface area contributed by atoms with Gasteiger partial charge in [0.25, 0.3) is 0 Å². The maximum atomic E-state index is 5.25. The molecule has 0 spiro atoms. The van der Waals surface area contributed by atoms with Crippen LogP contribution < -0.4 is 5.73 Å². The monoisotopic (exact) mass is 299 g/mol. The van der Waals surface area contributed by atoms with Gasteiger partial charge < -0.3 is 5.73 Å². The molecule has 0 aliphatic heterocycles. The second kappa shape index (κ2) is 5.54. The van der Waals surface area contributed by atoms with Crippen LogP contribution in [0.3, 0.4) is 0 Å². The first kappa shape index (κ1) is 10.9. The molecule has 1 heterocycles. The SMILES string of the molecule is C=C/C(=C\C=C/N)c1cc(I)ncn1. The van der Waals surface area contributed by atoms with Gasteiger partial charge >= 0.3 is 0 Å². The molecule has 14 heavy (non-hydrogen) atoms. The quantitative estimate of drug-likeness (QED) is 0.528. The van der Waals surface area contributed by atoms with Crippen molar-refractivity contribution >= 4 is 28.2 Å². The fraction of sp³-hybridized carbons (Fsp3) is 0. The van der Waals surface area contributed by atoms with E-state index in [1.807, 2.05) is 12.1 Å². The van der Waals surface area contributed by atoms with Crippen molar-refractivity contribution in [1.82, 2.24) is 9.97 Å². The van der Waals surface area contributed by atoms with E-state index in [2.05, 4.69) is 39.1 Å². The highest BCUT2D eigenvalue weighted by molar-refractivity contribution is 14.1. The molecule has 0 saturated carbocycles. The Balaban J connectivity index is 3.06. The number of hydrogen-bond donors (Lipinski definition) is 1. The number of nitrogens with two attached hydrogens (primary N) is 1. The zero-order chi connectivity index (χ0) is 10.4. The minimum Gasteiger partial charge on any atom is -0.405 e. The van der Waals surface area contributed by atoms with E-state index < -0.39 is 0 Å². The van der Waals surface area contributed by atoms with Crippen molar-refractivity contribution in [3.8, 4) is 0 Å². The van der Waals surface area contributed by atoms with E-state index in [4.69, 9.17) is 5.73 Å². The van der Waals surface area contributed by atoms with Gasteiger partial charge in [0, 0.05) is 0 Å². The number of rotatable bonds is 3. The predicted octanol–water partition coefficient (Wildman–Crippen LogP) is 2.12. The minimum atomic E-state index is 0.845. The van der Waals surface area contributed by atoms with Crippen molar-refractivity contribution in [2.45, 2.75) is 0 Å². The van der Waals surface area contributed by atoms with Crippen LogP contribution in [0.5, 0.6) is 0 Å². The van der Waals surface area contributed by atoms with Crippen LogP contribution in [0.25, 0.3) is 5.57 Å². The van der Waals surface area contributed by atoms with Crippen molar-refractivity contribution in [3.63, 3.8) is 0 Å². The summed E-state index contributed by atoms with van der Waals surface area (Å²) in [4.78, 5) is 8.14. The Hall–Kier alpha value is -1.17. The molecular formula is C10H10IN3.